The molecule has 0 bridgehead atoms. The molecule has 0 atom stereocenters. The molecule has 0 aliphatic rings. The van der Waals surface area contributed by atoms with Crippen LogP contribution in [-0.4, -0.2) is 21.3 Å². The third-order valence-electron chi connectivity index (χ3n) is 3.17. The van der Waals surface area contributed by atoms with Crippen LogP contribution < -0.4 is 14.2 Å². The van der Waals surface area contributed by atoms with Gasteiger partial charge in [0.2, 0.25) is 5.75 Å². The minimum atomic E-state index is 0.644. The van der Waals surface area contributed by atoms with Crippen molar-refractivity contribution >= 4 is 11.3 Å². The van der Waals surface area contributed by atoms with Crippen molar-refractivity contribution in [1.82, 2.24) is 0 Å². The van der Waals surface area contributed by atoms with E-state index in [9.17, 15) is 0 Å². The first kappa shape index (κ1) is 14.7. The minimum absolute atomic E-state index is 0.644. The fraction of sp³-hybridized carbons (Fsp3) is 0.375. The number of methoxy groups -OCH3 is 3. The van der Waals surface area contributed by atoms with Gasteiger partial charge in [-0.1, -0.05) is 0 Å². The van der Waals surface area contributed by atoms with E-state index >= 15 is 0 Å². The van der Waals surface area contributed by atoms with Crippen LogP contribution >= 0.6 is 11.3 Å². The van der Waals surface area contributed by atoms with Gasteiger partial charge in [-0.05, 0) is 54.5 Å². The predicted octanol–water partition coefficient (Wildman–Crippen LogP) is 3.87. The van der Waals surface area contributed by atoms with E-state index in [1.165, 1.54) is 16.0 Å². The quantitative estimate of drug-likeness (QED) is 0.809. The molecule has 0 radical (unpaired) electrons. The summed E-state index contributed by atoms with van der Waals surface area (Å²) in [4.78, 5) is 1.40. The van der Waals surface area contributed by atoms with E-state index in [1.54, 1.807) is 21.3 Å². The van der Waals surface area contributed by atoms with Crippen LogP contribution in [0.4, 0.5) is 0 Å². The molecular weight excluding hydrogens is 272 g/mol. The van der Waals surface area contributed by atoms with Crippen LogP contribution in [0, 0.1) is 6.92 Å². The molecule has 20 heavy (non-hydrogen) atoms. The summed E-state index contributed by atoms with van der Waals surface area (Å²) in [5, 5.41) is 2.19. The van der Waals surface area contributed by atoms with Crippen molar-refractivity contribution < 1.29 is 14.2 Å². The second-order valence-corrected chi connectivity index (χ2v) is 5.62. The van der Waals surface area contributed by atoms with Crippen LogP contribution in [0.1, 0.15) is 16.0 Å². The van der Waals surface area contributed by atoms with Crippen LogP contribution in [0.3, 0.4) is 0 Å². The molecule has 1 aromatic heterocycles. The Kier molecular flexibility index (Phi) is 4.90. The lowest BCUT2D eigenvalue weighted by Gasteiger charge is -2.14. The highest BCUT2D eigenvalue weighted by Gasteiger charge is 2.13. The Morgan fingerprint density at radius 1 is 0.900 bits per heavy atom. The molecular formula is C16H20O3S. The van der Waals surface area contributed by atoms with Crippen LogP contribution in [0.15, 0.2) is 23.6 Å². The Balaban J connectivity index is 2.19. The smallest absolute Gasteiger partial charge is 0.203 e. The van der Waals surface area contributed by atoms with Crippen molar-refractivity contribution in [1.29, 1.82) is 0 Å². The Hall–Kier alpha value is -1.68. The van der Waals surface area contributed by atoms with Gasteiger partial charge in [0.15, 0.2) is 11.5 Å². The van der Waals surface area contributed by atoms with Gasteiger partial charge in [0.05, 0.1) is 21.3 Å². The molecule has 4 heteroatoms. The van der Waals surface area contributed by atoms with Gasteiger partial charge in [0.25, 0.3) is 0 Å². The second kappa shape index (κ2) is 6.66. The number of rotatable bonds is 6. The number of hydrogen-bond acceptors (Lipinski definition) is 4. The first-order chi connectivity index (χ1) is 9.67. The zero-order valence-corrected chi connectivity index (χ0v) is 13.2. The summed E-state index contributed by atoms with van der Waals surface area (Å²) in [7, 11) is 4.90. The zero-order chi connectivity index (χ0) is 14.5. The fourth-order valence-electron chi connectivity index (χ4n) is 2.17. The van der Waals surface area contributed by atoms with Crippen LogP contribution in [0.25, 0.3) is 0 Å². The number of benzene rings is 1. The molecule has 0 amide bonds. The minimum Gasteiger partial charge on any atom is -0.493 e. The lowest BCUT2D eigenvalue weighted by Crippen LogP contribution is -1.98. The van der Waals surface area contributed by atoms with Gasteiger partial charge in [-0.25, -0.2) is 0 Å². The third kappa shape index (κ3) is 3.25. The lowest BCUT2D eigenvalue weighted by atomic mass is 10.1. The van der Waals surface area contributed by atoms with E-state index in [0.29, 0.717) is 17.2 Å². The van der Waals surface area contributed by atoms with Crippen molar-refractivity contribution in [2.45, 2.75) is 19.8 Å². The zero-order valence-electron chi connectivity index (χ0n) is 12.4. The Labute approximate surface area is 124 Å². The lowest BCUT2D eigenvalue weighted by molar-refractivity contribution is 0.324. The molecule has 1 aromatic carbocycles. The second-order valence-electron chi connectivity index (χ2n) is 4.62. The van der Waals surface area contributed by atoms with E-state index < -0.39 is 0 Å². The van der Waals surface area contributed by atoms with Gasteiger partial charge in [0, 0.05) is 4.88 Å². The number of thiophene rings is 1. The highest BCUT2D eigenvalue weighted by atomic mass is 32.1. The van der Waals surface area contributed by atoms with E-state index in [0.717, 1.165) is 12.8 Å². The average Bonchev–Trinajstić information content (AvgIpc) is 2.89. The molecule has 0 spiro atoms. The summed E-state index contributed by atoms with van der Waals surface area (Å²) in [6.45, 7) is 2.12. The van der Waals surface area contributed by atoms with Gasteiger partial charge in [-0.2, -0.15) is 0 Å². The van der Waals surface area contributed by atoms with E-state index in [1.807, 2.05) is 23.5 Å². The standard InChI is InChI=1S/C16H20O3S/c1-11-7-13(20-10-11)6-5-12-8-14(17-2)16(19-4)15(9-12)18-3/h7-10H,5-6H2,1-4H3. The van der Waals surface area contributed by atoms with Gasteiger partial charge < -0.3 is 14.2 Å². The topological polar surface area (TPSA) is 27.7 Å². The first-order valence-corrected chi connectivity index (χ1v) is 7.38. The van der Waals surface area contributed by atoms with Gasteiger partial charge >= 0.3 is 0 Å². The average molecular weight is 292 g/mol. The molecule has 3 nitrogen and oxygen atoms in total. The SMILES string of the molecule is COc1cc(CCc2cc(C)cs2)cc(OC)c1OC. The molecule has 0 unspecified atom stereocenters. The van der Waals surface area contributed by atoms with Crippen LogP contribution in [0.2, 0.25) is 0 Å². The normalized spacial score (nSPS) is 10.4. The highest BCUT2D eigenvalue weighted by molar-refractivity contribution is 7.10. The van der Waals surface area contributed by atoms with Crippen LogP contribution in [-0.2, 0) is 12.8 Å². The molecule has 0 saturated heterocycles. The van der Waals surface area contributed by atoms with Gasteiger partial charge in [0.1, 0.15) is 0 Å². The molecule has 2 rings (SSSR count). The molecule has 0 aliphatic heterocycles. The Morgan fingerprint density at radius 2 is 1.55 bits per heavy atom. The van der Waals surface area contributed by atoms with Crippen molar-refractivity contribution in [2.24, 2.45) is 0 Å². The summed E-state index contributed by atoms with van der Waals surface area (Å²) in [6, 6.07) is 6.27. The van der Waals surface area contributed by atoms with Gasteiger partial charge in [-0.3, -0.25) is 0 Å². The van der Waals surface area contributed by atoms with Crippen molar-refractivity contribution in [3.05, 3.63) is 39.6 Å². The van der Waals surface area contributed by atoms with Crippen molar-refractivity contribution in [2.75, 3.05) is 21.3 Å². The molecule has 0 N–H and O–H groups in total. The molecule has 2 aromatic rings. The molecule has 108 valence electrons. The number of aryl methyl sites for hydroxylation is 3. The van der Waals surface area contributed by atoms with Gasteiger partial charge in [-0.15, -0.1) is 11.3 Å². The van der Waals surface area contributed by atoms with E-state index in [4.69, 9.17) is 14.2 Å². The molecule has 0 saturated carbocycles. The maximum atomic E-state index is 5.37. The summed E-state index contributed by atoms with van der Waals surface area (Å²) in [5.74, 6) is 2.07. The fourth-order valence-corrected chi connectivity index (χ4v) is 3.05. The van der Waals surface area contributed by atoms with Crippen molar-refractivity contribution in [3.63, 3.8) is 0 Å². The highest BCUT2D eigenvalue weighted by Crippen LogP contribution is 2.38. The first-order valence-electron chi connectivity index (χ1n) is 6.50. The predicted molar refractivity (Wildman–Crippen MR) is 82.6 cm³/mol. The van der Waals surface area contributed by atoms with E-state index in [-0.39, 0.29) is 0 Å². The number of hydrogen-bond donors (Lipinski definition) is 0. The molecule has 1 heterocycles. The summed E-state index contributed by atoms with van der Waals surface area (Å²) >= 11 is 1.81. The molecule has 0 aliphatic carbocycles. The van der Waals surface area contributed by atoms with Crippen LogP contribution in [0.5, 0.6) is 17.2 Å². The summed E-state index contributed by atoms with van der Waals surface area (Å²) in [5.41, 5.74) is 2.51. The maximum Gasteiger partial charge on any atom is 0.203 e. The molecule has 0 fully saturated rings. The Bertz CT molecular complexity index is 550. The monoisotopic (exact) mass is 292 g/mol. The summed E-state index contributed by atoms with van der Waals surface area (Å²) < 4.78 is 16.1. The largest absolute Gasteiger partial charge is 0.493 e. The number of ether oxygens (including phenoxy) is 3. The Morgan fingerprint density at radius 3 is 2.00 bits per heavy atom. The maximum absolute atomic E-state index is 5.37. The van der Waals surface area contributed by atoms with Crippen molar-refractivity contribution in [3.8, 4) is 17.2 Å². The third-order valence-corrected chi connectivity index (χ3v) is 4.28. The van der Waals surface area contributed by atoms with E-state index in [2.05, 4.69) is 18.4 Å². The summed E-state index contributed by atoms with van der Waals surface area (Å²) in [6.07, 6.45) is 1.98.